The van der Waals surface area contributed by atoms with Gasteiger partial charge in [0.15, 0.2) is 6.17 Å². The summed E-state index contributed by atoms with van der Waals surface area (Å²) in [6, 6.07) is 0. The van der Waals surface area contributed by atoms with Gasteiger partial charge in [-0.15, -0.1) is 0 Å². The van der Waals surface area contributed by atoms with Crippen molar-refractivity contribution in [2.75, 3.05) is 21.1 Å². The van der Waals surface area contributed by atoms with Crippen LogP contribution in [0.1, 0.15) is 6.92 Å². The largest absolute Gasteiger partial charge is 0.597 e. The fraction of sp³-hybridized carbons (Fsp3) is 1.00. The van der Waals surface area contributed by atoms with Crippen molar-refractivity contribution >= 4 is 0 Å². The van der Waals surface area contributed by atoms with E-state index in [1.807, 2.05) is 14.1 Å². The van der Waals surface area contributed by atoms with Gasteiger partial charge in [-0.05, 0) is 0 Å². The van der Waals surface area contributed by atoms with Crippen LogP contribution in [0.4, 0.5) is 0 Å². The van der Waals surface area contributed by atoms with Crippen LogP contribution < -0.4 is 10.3 Å². The lowest BCUT2D eigenvalue weighted by atomic mass is 10.5. The van der Waals surface area contributed by atoms with Crippen molar-refractivity contribution < 1.29 is 4.90 Å². The van der Waals surface area contributed by atoms with Crippen LogP contribution in [0.15, 0.2) is 0 Å². The number of hydrogen-bond donors (Lipinski definition) is 2. The molecule has 0 spiro atoms. The van der Waals surface area contributed by atoms with Gasteiger partial charge in [0.1, 0.15) is 0 Å². The van der Waals surface area contributed by atoms with E-state index in [1.54, 1.807) is 0 Å². The number of nitrogens with zero attached hydrogens (tertiary/aromatic N) is 2. The van der Waals surface area contributed by atoms with Crippen molar-refractivity contribution in [2.45, 2.75) is 19.4 Å². The molecule has 2 N–H and O–H groups in total. The first-order chi connectivity index (χ1) is 4.66. The quantitative estimate of drug-likeness (QED) is 0.474. The predicted molar refractivity (Wildman–Crippen MR) is 40.3 cm³/mol. The Morgan fingerprint density at radius 1 is 1.60 bits per heavy atom. The Morgan fingerprint density at radius 3 is 2.40 bits per heavy atom. The second-order valence-electron chi connectivity index (χ2n) is 2.82. The van der Waals surface area contributed by atoms with Crippen LogP contribution in [0, 0.1) is 0 Å². The van der Waals surface area contributed by atoms with Gasteiger partial charge in [-0.3, -0.25) is 0 Å². The molecule has 0 bridgehead atoms. The second kappa shape index (κ2) is 2.84. The number of rotatable bonds is 1. The average Bonchev–Trinajstić information content (AvgIpc) is 2.17. The molecule has 0 aromatic rings. The number of quaternary nitrogens is 1. The third-order valence-electron chi connectivity index (χ3n) is 2.26. The molecule has 1 rings (SSSR count). The fourth-order valence-corrected chi connectivity index (χ4v) is 1.20. The van der Waals surface area contributed by atoms with Gasteiger partial charge in [-0.25, -0.2) is 5.43 Å². The average molecular weight is 144 g/mol. The van der Waals surface area contributed by atoms with Crippen LogP contribution in [0.2, 0.25) is 0 Å². The predicted octanol–water partition coefficient (Wildman–Crippen LogP) is -1.42. The van der Waals surface area contributed by atoms with Gasteiger partial charge in [0, 0.05) is 14.0 Å². The zero-order chi connectivity index (χ0) is 7.72. The zero-order valence-electron chi connectivity index (χ0n) is 7.05. The Morgan fingerprint density at radius 2 is 2.20 bits per heavy atom. The molecule has 0 saturated carbocycles. The van der Waals surface area contributed by atoms with Crippen LogP contribution in [-0.4, -0.2) is 38.6 Å². The molecule has 4 heteroatoms. The highest BCUT2D eigenvalue weighted by Gasteiger charge is 2.28. The first-order valence-corrected chi connectivity index (χ1v) is 3.58. The summed E-state index contributed by atoms with van der Waals surface area (Å²) in [5.41, 5.74) is 3.23. The third-order valence-corrected chi connectivity index (χ3v) is 2.26. The van der Waals surface area contributed by atoms with Crippen molar-refractivity contribution in [2.24, 2.45) is 0 Å². The SMILES string of the molecule is C[N-]C1NN(C)C(C)[NH+]1C. The van der Waals surface area contributed by atoms with E-state index in [-0.39, 0.29) is 6.29 Å². The van der Waals surface area contributed by atoms with Crippen molar-refractivity contribution in [3.8, 4) is 0 Å². The summed E-state index contributed by atoms with van der Waals surface area (Å²) < 4.78 is 0. The highest BCUT2D eigenvalue weighted by molar-refractivity contribution is 4.76. The zero-order valence-corrected chi connectivity index (χ0v) is 7.05. The van der Waals surface area contributed by atoms with E-state index in [4.69, 9.17) is 0 Å². The Kier molecular flexibility index (Phi) is 2.25. The summed E-state index contributed by atoms with van der Waals surface area (Å²) in [6.45, 7) is 2.17. The highest BCUT2D eigenvalue weighted by atomic mass is 15.7. The Balaban J connectivity index is 2.53. The maximum atomic E-state index is 4.18. The Hall–Kier alpha value is -0.160. The minimum atomic E-state index is 0.236. The van der Waals surface area contributed by atoms with Crippen molar-refractivity contribution in [1.82, 2.24) is 10.4 Å². The molecule has 60 valence electrons. The molecule has 10 heavy (non-hydrogen) atoms. The summed E-state index contributed by atoms with van der Waals surface area (Å²) in [4.78, 5) is 1.39. The van der Waals surface area contributed by atoms with Crippen LogP contribution >= 0.6 is 0 Å². The van der Waals surface area contributed by atoms with E-state index in [0.717, 1.165) is 0 Å². The van der Waals surface area contributed by atoms with Gasteiger partial charge < -0.3 is 10.2 Å². The maximum Gasteiger partial charge on any atom is 0.152 e. The molecule has 0 aromatic carbocycles. The summed E-state index contributed by atoms with van der Waals surface area (Å²) in [7, 11) is 6.02. The Labute approximate surface area is 62.1 Å². The van der Waals surface area contributed by atoms with Gasteiger partial charge in [0.05, 0.1) is 13.3 Å². The molecule has 1 aliphatic heterocycles. The fourth-order valence-electron chi connectivity index (χ4n) is 1.20. The van der Waals surface area contributed by atoms with Crippen LogP contribution in [0.5, 0.6) is 0 Å². The standard InChI is InChI=1S/C6H15N4/c1-5-9(3)6(7-2)8-10(5)4/h5-6,8H,1-4H3/q-1/p+1. The van der Waals surface area contributed by atoms with E-state index in [0.29, 0.717) is 6.17 Å². The molecule has 1 saturated heterocycles. The molecule has 0 radical (unpaired) electrons. The van der Waals surface area contributed by atoms with E-state index in [9.17, 15) is 0 Å². The molecular weight excluding hydrogens is 128 g/mol. The van der Waals surface area contributed by atoms with Gasteiger partial charge in [0.25, 0.3) is 0 Å². The van der Waals surface area contributed by atoms with E-state index >= 15 is 0 Å². The minimum Gasteiger partial charge on any atom is -0.597 e. The number of hydrazine groups is 1. The molecule has 1 aliphatic rings. The summed E-state index contributed by atoms with van der Waals surface area (Å²) >= 11 is 0. The van der Waals surface area contributed by atoms with Crippen molar-refractivity contribution in [3.05, 3.63) is 5.32 Å². The molecule has 3 atom stereocenters. The van der Waals surface area contributed by atoms with Gasteiger partial charge in [-0.2, -0.15) is 12.1 Å². The lowest BCUT2D eigenvalue weighted by Crippen LogP contribution is -3.14. The molecule has 1 heterocycles. The summed E-state index contributed by atoms with van der Waals surface area (Å²) in [5, 5.41) is 6.27. The summed E-state index contributed by atoms with van der Waals surface area (Å²) in [6.07, 6.45) is 0.744. The normalized spacial score (nSPS) is 42.6. The first-order valence-electron chi connectivity index (χ1n) is 3.58. The maximum absolute atomic E-state index is 4.18. The second-order valence-corrected chi connectivity index (χ2v) is 2.82. The first kappa shape index (κ1) is 7.94. The van der Waals surface area contributed by atoms with Gasteiger partial charge in [-0.1, -0.05) is 0 Å². The lowest BCUT2D eigenvalue weighted by Gasteiger charge is -2.26. The molecule has 0 aromatic heterocycles. The van der Waals surface area contributed by atoms with Crippen molar-refractivity contribution in [1.29, 1.82) is 0 Å². The smallest absolute Gasteiger partial charge is 0.152 e. The molecule has 0 aliphatic carbocycles. The van der Waals surface area contributed by atoms with Crippen molar-refractivity contribution in [3.63, 3.8) is 0 Å². The van der Waals surface area contributed by atoms with Gasteiger partial charge in [0.2, 0.25) is 0 Å². The Bertz CT molecular complexity index is 116. The number of hydrogen-bond acceptors (Lipinski definition) is 2. The van der Waals surface area contributed by atoms with E-state index in [2.05, 4.69) is 29.7 Å². The highest BCUT2D eigenvalue weighted by Crippen LogP contribution is 1.95. The molecule has 0 amide bonds. The monoisotopic (exact) mass is 144 g/mol. The topological polar surface area (TPSA) is 33.8 Å². The molecule has 1 fully saturated rings. The van der Waals surface area contributed by atoms with Crippen LogP contribution in [-0.2, 0) is 0 Å². The molecule has 4 nitrogen and oxygen atoms in total. The third kappa shape index (κ3) is 1.15. The molecule has 3 unspecified atom stereocenters. The van der Waals surface area contributed by atoms with Crippen LogP contribution in [0.3, 0.4) is 0 Å². The van der Waals surface area contributed by atoms with Gasteiger partial charge >= 0.3 is 0 Å². The lowest BCUT2D eigenvalue weighted by molar-refractivity contribution is -0.916. The van der Waals surface area contributed by atoms with E-state index in [1.165, 1.54) is 4.90 Å². The van der Waals surface area contributed by atoms with E-state index < -0.39 is 0 Å². The molecular formula is C6H16N4. The summed E-state index contributed by atoms with van der Waals surface area (Å²) in [5.74, 6) is 0. The number of nitrogens with one attached hydrogen (secondary N) is 2. The minimum absolute atomic E-state index is 0.236. The van der Waals surface area contributed by atoms with Crippen LogP contribution in [0.25, 0.3) is 5.32 Å².